The Bertz CT molecular complexity index is 434. The molecule has 1 aromatic rings. The van der Waals surface area contributed by atoms with Crippen molar-refractivity contribution < 1.29 is 4.79 Å². The lowest BCUT2D eigenvalue weighted by atomic mass is 10.1. The number of carbonyl (C=O) groups excluding carboxylic acids is 1. The van der Waals surface area contributed by atoms with Gasteiger partial charge >= 0.3 is 0 Å². The standard InChI is InChI=1S/C15H23BrN2O/c1-4-6-9-18(11(3)5-2)15(19)12-7-8-14(17)13(16)10-12/h7-8,10-11H,4-6,9,17H2,1-3H3. The average Bonchev–Trinajstić information content (AvgIpc) is 2.41. The van der Waals surface area contributed by atoms with E-state index in [9.17, 15) is 4.79 Å². The first kappa shape index (κ1) is 16.0. The molecule has 0 saturated heterocycles. The Kier molecular flexibility index (Phi) is 6.35. The molecule has 0 aliphatic heterocycles. The minimum absolute atomic E-state index is 0.0866. The van der Waals surface area contributed by atoms with Gasteiger partial charge in [-0.1, -0.05) is 20.3 Å². The Morgan fingerprint density at radius 3 is 2.63 bits per heavy atom. The molecule has 0 saturated carbocycles. The quantitative estimate of drug-likeness (QED) is 0.801. The van der Waals surface area contributed by atoms with Crippen molar-refractivity contribution in [2.24, 2.45) is 0 Å². The van der Waals surface area contributed by atoms with Crippen molar-refractivity contribution in [2.75, 3.05) is 12.3 Å². The highest BCUT2D eigenvalue weighted by atomic mass is 79.9. The molecule has 106 valence electrons. The highest BCUT2D eigenvalue weighted by Gasteiger charge is 2.20. The van der Waals surface area contributed by atoms with Crippen molar-refractivity contribution in [3.05, 3.63) is 28.2 Å². The second-order valence-corrected chi connectivity index (χ2v) is 5.70. The summed E-state index contributed by atoms with van der Waals surface area (Å²) < 4.78 is 0.776. The van der Waals surface area contributed by atoms with E-state index in [1.807, 2.05) is 4.90 Å². The maximum Gasteiger partial charge on any atom is 0.254 e. The smallest absolute Gasteiger partial charge is 0.254 e. The van der Waals surface area contributed by atoms with E-state index in [1.54, 1.807) is 18.2 Å². The molecule has 0 spiro atoms. The fraction of sp³-hybridized carbons (Fsp3) is 0.533. The van der Waals surface area contributed by atoms with Gasteiger partial charge in [-0.05, 0) is 53.9 Å². The summed E-state index contributed by atoms with van der Waals surface area (Å²) in [4.78, 5) is 14.5. The summed E-state index contributed by atoms with van der Waals surface area (Å²) in [6.45, 7) is 7.15. The zero-order valence-electron chi connectivity index (χ0n) is 11.9. The number of hydrogen-bond donors (Lipinski definition) is 1. The lowest BCUT2D eigenvalue weighted by Crippen LogP contribution is -2.39. The molecule has 0 aliphatic carbocycles. The van der Waals surface area contributed by atoms with Crippen LogP contribution in [0.2, 0.25) is 0 Å². The van der Waals surface area contributed by atoms with Crippen LogP contribution in [0.3, 0.4) is 0 Å². The van der Waals surface area contributed by atoms with Crippen molar-refractivity contribution in [1.82, 2.24) is 4.90 Å². The van der Waals surface area contributed by atoms with E-state index in [0.29, 0.717) is 11.3 Å². The number of halogens is 1. The number of hydrogen-bond acceptors (Lipinski definition) is 2. The third-order valence-electron chi connectivity index (χ3n) is 3.38. The Balaban J connectivity index is 2.94. The Morgan fingerprint density at radius 2 is 2.11 bits per heavy atom. The molecular weight excluding hydrogens is 304 g/mol. The summed E-state index contributed by atoms with van der Waals surface area (Å²) in [7, 11) is 0. The van der Waals surface area contributed by atoms with Crippen LogP contribution in [0.25, 0.3) is 0 Å². The molecule has 0 heterocycles. The van der Waals surface area contributed by atoms with Crippen LogP contribution in [-0.4, -0.2) is 23.4 Å². The molecule has 19 heavy (non-hydrogen) atoms. The van der Waals surface area contributed by atoms with Gasteiger partial charge in [0.1, 0.15) is 0 Å². The minimum Gasteiger partial charge on any atom is -0.398 e. The summed E-state index contributed by atoms with van der Waals surface area (Å²) >= 11 is 3.37. The van der Waals surface area contributed by atoms with Crippen molar-refractivity contribution in [3.63, 3.8) is 0 Å². The monoisotopic (exact) mass is 326 g/mol. The van der Waals surface area contributed by atoms with Crippen LogP contribution in [0.15, 0.2) is 22.7 Å². The van der Waals surface area contributed by atoms with Gasteiger partial charge in [-0.25, -0.2) is 0 Å². The Labute approximate surface area is 124 Å². The van der Waals surface area contributed by atoms with Gasteiger partial charge in [-0.3, -0.25) is 4.79 Å². The van der Waals surface area contributed by atoms with Gasteiger partial charge in [0.2, 0.25) is 0 Å². The van der Waals surface area contributed by atoms with E-state index in [-0.39, 0.29) is 11.9 Å². The first-order valence-electron chi connectivity index (χ1n) is 6.87. The molecule has 0 aromatic heterocycles. The highest BCUT2D eigenvalue weighted by molar-refractivity contribution is 9.10. The van der Waals surface area contributed by atoms with Crippen LogP contribution in [0.1, 0.15) is 50.4 Å². The summed E-state index contributed by atoms with van der Waals surface area (Å²) in [6, 6.07) is 5.63. The number of benzene rings is 1. The average molecular weight is 327 g/mol. The van der Waals surface area contributed by atoms with E-state index >= 15 is 0 Å². The number of nitrogens with zero attached hydrogens (tertiary/aromatic N) is 1. The molecule has 3 nitrogen and oxygen atoms in total. The zero-order valence-corrected chi connectivity index (χ0v) is 13.5. The molecule has 0 radical (unpaired) electrons. The third kappa shape index (κ3) is 4.23. The predicted octanol–water partition coefficient (Wildman–Crippen LogP) is 4.07. The Morgan fingerprint density at radius 1 is 1.42 bits per heavy atom. The van der Waals surface area contributed by atoms with Crippen molar-refractivity contribution in [3.8, 4) is 0 Å². The molecule has 1 aromatic carbocycles. The molecular formula is C15H23BrN2O. The first-order chi connectivity index (χ1) is 9.01. The number of nitrogen functional groups attached to an aromatic ring is 1. The van der Waals surface area contributed by atoms with Crippen molar-refractivity contribution >= 4 is 27.5 Å². The number of amides is 1. The second kappa shape index (κ2) is 7.53. The largest absolute Gasteiger partial charge is 0.398 e. The third-order valence-corrected chi connectivity index (χ3v) is 4.07. The highest BCUT2D eigenvalue weighted by Crippen LogP contribution is 2.22. The molecule has 1 unspecified atom stereocenters. The van der Waals surface area contributed by atoms with Gasteiger partial charge in [-0.15, -0.1) is 0 Å². The summed E-state index contributed by atoms with van der Waals surface area (Å²) in [5.41, 5.74) is 7.10. The number of unbranched alkanes of at least 4 members (excludes halogenated alkanes) is 1. The van der Waals surface area contributed by atoms with Crippen LogP contribution in [0, 0.1) is 0 Å². The Hall–Kier alpha value is -1.03. The fourth-order valence-corrected chi connectivity index (χ4v) is 2.28. The fourth-order valence-electron chi connectivity index (χ4n) is 1.90. The van der Waals surface area contributed by atoms with Crippen molar-refractivity contribution in [2.45, 2.75) is 46.1 Å². The van der Waals surface area contributed by atoms with E-state index in [0.717, 1.165) is 30.3 Å². The van der Waals surface area contributed by atoms with Gasteiger partial charge in [-0.2, -0.15) is 0 Å². The van der Waals surface area contributed by atoms with Gasteiger partial charge < -0.3 is 10.6 Å². The molecule has 0 aliphatic rings. The number of anilines is 1. The predicted molar refractivity (Wildman–Crippen MR) is 84.3 cm³/mol. The van der Waals surface area contributed by atoms with Crippen LogP contribution in [-0.2, 0) is 0 Å². The van der Waals surface area contributed by atoms with Gasteiger partial charge in [0.05, 0.1) is 0 Å². The second-order valence-electron chi connectivity index (χ2n) is 4.85. The molecule has 1 amide bonds. The summed E-state index contributed by atoms with van der Waals surface area (Å²) in [5, 5.41) is 0. The van der Waals surface area contributed by atoms with Gasteiger partial charge in [0.25, 0.3) is 5.91 Å². The maximum atomic E-state index is 12.6. The normalized spacial score (nSPS) is 12.2. The molecule has 1 atom stereocenters. The number of rotatable bonds is 6. The number of carbonyl (C=O) groups is 1. The minimum atomic E-state index is 0.0866. The molecule has 4 heteroatoms. The van der Waals surface area contributed by atoms with Crippen LogP contribution >= 0.6 is 15.9 Å². The van der Waals surface area contributed by atoms with E-state index in [4.69, 9.17) is 5.73 Å². The topological polar surface area (TPSA) is 46.3 Å². The van der Waals surface area contributed by atoms with Gasteiger partial charge in [0.15, 0.2) is 0 Å². The SMILES string of the molecule is CCCCN(C(=O)c1ccc(N)c(Br)c1)C(C)CC. The summed E-state index contributed by atoms with van der Waals surface area (Å²) in [5.74, 6) is 0.0866. The molecule has 0 fully saturated rings. The summed E-state index contributed by atoms with van der Waals surface area (Å²) in [6.07, 6.45) is 3.09. The van der Waals surface area contributed by atoms with E-state index < -0.39 is 0 Å². The lowest BCUT2D eigenvalue weighted by Gasteiger charge is -2.28. The number of nitrogens with two attached hydrogens (primary N) is 1. The molecule has 2 N–H and O–H groups in total. The van der Waals surface area contributed by atoms with Crippen LogP contribution in [0.4, 0.5) is 5.69 Å². The lowest BCUT2D eigenvalue weighted by molar-refractivity contribution is 0.0685. The van der Waals surface area contributed by atoms with Crippen LogP contribution in [0.5, 0.6) is 0 Å². The maximum absolute atomic E-state index is 12.6. The van der Waals surface area contributed by atoms with Gasteiger partial charge in [0, 0.05) is 28.3 Å². The van der Waals surface area contributed by atoms with E-state index in [2.05, 4.69) is 36.7 Å². The molecule has 1 rings (SSSR count). The van der Waals surface area contributed by atoms with E-state index in [1.165, 1.54) is 0 Å². The molecule has 0 bridgehead atoms. The van der Waals surface area contributed by atoms with Crippen LogP contribution < -0.4 is 5.73 Å². The zero-order chi connectivity index (χ0) is 14.4. The van der Waals surface area contributed by atoms with Crippen molar-refractivity contribution in [1.29, 1.82) is 0 Å². The first-order valence-corrected chi connectivity index (χ1v) is 7.66.